The lowest BCUT2D eigenvalue weighted by Crippen LogP contribution is -2.41. The first-order valence-electron chi connectivity index (χ1n) is 11.8. The quantitative estimate of drug-likeness (QED) is 0.577. The Labute approximate surface area is 205 Å². The molecule has 0 atom stereocenters. The van der Waals surface area contributed by atoms with Gasteiger partial charge in [0, 0.05) is 18.7 Å². The van der Waals surface area contributed by atoms with Gasteiger partial charge in [0.15, 0.2) is 0 Å². The maximum Gasteiger partial charge on any atom is 0.273 e. The number of carbonyl (C=O) groups is 2. The van der Waals surface area contributed by atoms with Gasteiger partial charge in [-0.25, -0.2) is 4.98 Å². The van der Waals surface area contributed by atoms with Gasteiger partial charge in [0.1, 0.15) is 23.0 Å². The zero-order chi connectivity index (χ0) is 24.5. The molecule has 0 spiro atoms. The second-order valence-corrected chi connectivity index (χ2v) is 8.25. The van der Waals surface area contributed by atoms with E-state index in [1.165, 1.54) is 0 Å². The SMILES string of the molecule is COc1ccccc1CNC(=O)CN1CCCCCOc2ccccc2Nc2cccc(n2)C1=O. The molecular formula is C27H30N4O4. The van der Waals surface area contributed by atoms with Crippen molar-refractivity contribution in [2.45, 2.75) is 25.8 Å². The molecule has 182 valence electrons. The van der Waals surface area contributed by atoms with Gasteiger partial charge in [-0.15, -0.1) is 0 Å². The molecule has 2 amide bonds. The minimum atomic E-state index is -0.275. The summed E-state index contributed by atoms with van der Waals surface area (Å²) in [5.41, 5.74) is 1.94. The summed E-state index contributed by atoms with van der Waals surface area (Å²) in [5.74, 6) is 1.47. The van der Waals surface area contributed by atoms with E-state index in [-0.39, 0.29) is 24.1 Å². The molecule has 2 heterocycles. The first-order chi connectivity index (χ1) is 17.1. The van der Waals surface area contributed by atoms with Crippen molar-refractivity contribution in [3.63, 3.8) is 0 Å². The molecule has 4 rings (SSSR count). The highest BCUT2D eigenvalue weighted by molar-refractivity contribution is 5.95. The molecular weight excluding hydrogens is 444 g/mol. The van der Waals surface area contributed by atoms with Gasteiger partial charge in [-0.2, -0.15) is 0 Å². The molecule has 1 aliphatic heterocycles. The van der Waals surface area contributed by atoms with Crippen LogP contribution in [0.25, 0.3) is 0 Å². The molecule has 0 unspecified atom stereocenters. The molecule has 2 aromatic carbocycles. The molecule has 0 fully saturated rings. The fraction of sp³-hybridized carbons (Fsp3) is 0.296. The second kappa shape index (κ2) is 11.9. The molecule has 0 saturated heterocycles. The number of para-hydroxylation sites is 3. The maximum absolute atomic E-state index is 13.3. The Balaban J connectivity index is 1.49. The molecule has 0 saturated carbocycles. The number of pyridine rings is 1. The van der Waals surface area contributed by atoms with Gasteiger partial charge in [-0.3, -0.25) is 9.59 Å². The Bertz CT molecular complexity index is 1170. The smallest absolute Gasteiger partial charge is 0.273 e. The predicted octanol–water partition coefficient (Wildman–Crippen LogP) is 4.16. The topological polar surface area (TPSA) is 92.8 Å². The van der Waals surface area contributed by atoms with Gasteiger partial charge in [-0.1, -0.05) is 36.4 Å². The number of benzene rings is 2. The zero-order valence-electron chi connectivity index (χ0n) is 19.8. The molecule has 1 aromatic heterocycles. The molecule has 2 N–H and O–H groups in total. The lowest BCUT2D eigenvalue weighted by Gasteiger charge is -2.23. The Morgan fingerprint density at radius 1 is 1.06 bits per heavy atom. The zero-order valence-corrected chi connectivity index (χ0v) is 19.8. The number of amides is 2. The number of carbonyl (C=O) groups excluding carboxylic acids is 2. The number of aromatic nitrogens is 1. The van der Waals surface area contributed by atoms with Crippen LogP contribution in [-0.4, -0.2) is 48.5 Å². The van der Waals surface area contributed by atoms with Gasteiger partial charge in [0.2, 0.25) is 5.91 Å². The number of anilines is 2. The third-order valence-corrected chi connectivity index (χ3v) is 5.74. The Morgan fingerprint density at radius 2 is 1.89 bits per heavy atom. The van der Waals surface area contributed by atoms with E-state index >= 15 is 0 Å². The molecule has 0 aliphatic carbocycles. The number of nitrogens with one attached hydrogen (secondary N) is 2. The van der Waals surface area contributed by atoms with Crippen LogP contribution in [0.4, 0.5) is 11.5 Å². The van der Waals surface area contributed by atoms with E-state index in [2.05, 4.69) is 15.6 Å². The monoisotopic (exact) mass is 474 g/mol. The van der Waals surface area contributed by atoms with Crippen LogP contribution in [0.1, 0.15) is 35.3 Å². The number of nitrogens with zero attached hydrogens (tertiary/aromatic N) is 2. The average Bonchev–Trinajstić information content (AvgIpc) is 2.89. The van der Waals surface area contributed by atoms with Gasteiger partial charge in [-0.05, 0) is 49.6 Å². The molecule has 8 nitrogen and oxygen atoms in total. The lowest BCUT2D eigenvalue weighted by atomic mass is 10.2. The van der Waals surface area contributed by atoms with Crippen LogP contribution in [0.2, 0.25) is 0 Å². The lowest BCUT2D eigenvalue weighted by molar-refractivity contribution is -0.122. The van der Waals surface area contributed by atoms with E-state index < -0.39 is 0 Å². The van der Waals surface area contributed by atoms with E-state index in [1.807, 2.05) is 48.5 Å². The van der Waals surface area contributed by atoms with Crippen molar-refractivity contribution in [2.24, 2.45) is 0 Å². The van der Waals surface area contributed by atoms with Crippen LogP contribution in [0.15, 0.2) is 66.7 Å². The van der Waals surface area contributed by atoms with Crippen molar-refractivity contribution in [1.82, 2.24) is 15.2 Å². The van der Waals surface area contributed by atoms with Crippen LogP contribution < -0.4 is 20.1 Å². The summed E-state index contributed by atoms with van der Waals surface area (Å²) in [5, 5.41) is 6.14. The van der Waals surface area contributed by atoms with Crippen LogP contribution in [-0.2, 0) is 11.3 Å². The number of ether oxygens (including phenoxy) is 2. The molecule has 3 aromatic rings. The van der Waals surface area contributed by atoms with Gasteiger partial charge < -0.3 is 25.0 Å². The van der Waals surface area contributed by atoms with E-state index in [0.717, 1.165) is 36.3 Å². The standard InChI is InChI=1S/C27H30N4O4/c1-34-23-13-5-3-10-20(23)18-28-26(32)19-31-16-7-2-8-17-35-24-14-6-4-11-21(24)29-25-15-9-12-22(30-25)27(31)33/h3-6,9-15H,2,7-8,16-19H2,1H3,(H,28,32)(H,29,30). The fourth-order valence-electron chi connectivity index (χ4n) is 3.91. The largest absolute Gasteiger partial charge is 0.496 e. The van der Waals surface area contributed by atoms with Crippen LogP contribution >= 0.6 is 0 Å². The van der Waals surface area contributed by atoms with E-state index in [0.29, 0.717) is 31.3 Å². The van der Waals surface area contributed by atoms with E-state index in [9.17, 15) is 9.59 Å². The molecule has 0 radical (unpaired) electrons. The average molecular weight is 475 g/mol. The van der Waals surface area contributed by atoms with Crippen molar-refractivity contribution in [3.8, 4) is 11.5 Å². The number of hydrogen-bond acceptors (Lipinski definition) is 6. The minimum absolute atomic E-state index is 0.0490. The highest BCUT2D eigenvalue weighted by atomic mass is 16.5. The molecule has 35 heavy (non-hydrogen) atoms. The van der Waals surface area contributed by atoms with Crippen molar-refractivity contribution in [2.75, 3.05) is 32.1 Å². The molecule has 8 heteroatoms. The Hall–Kier alpha value is -4.07. The number of hydrogen-bond donors (Lipinski definition) is 2. The van der Waals surface area contributed by atoms with Crippen LogP contribution in [0.3, 0.4) is 0 Å². The highest BCUT2D eigenvalue weighted by Gasteiger charge is 2.21. The summed E-state index contributed by atoms with van der Waals surface area (Å²) >= 11 is 0. The van der Waals surface area contributed by atoms with Crippen molar-refractivity contribution >= 4 is 23.3 Å². The van der Waals surface area contributed by atoms with Crippen LogP contribution in [0, 0.1) is 0 Å². The summed E-state index contributed by atoms with van der Waals surface area (Å²) in [6.07, 6.45) is 2.48. The molecule has 1 aliphatic rings. The van der Waals surface area contributed by atoms with E-state index in [4.69, 9.17) is 9.47 Å². The Kier molecular flexibility index (Phi) is 8.17. The summed E-state index contributed by atoms with van der Waals surface area (Å²) in [4.78, 5) is 32.2. The predicted molar refractivity (Wildman–Crippen MR) is 134 cm³/mol. The first kappa shape index (κ1) is 24.1. The number of methoxy groups -OCH3 is 1. The van der Waals surface area contributed by atoms with Gasteiger partial charge >= 0.3 is 0 Å². The number of rotatable bonds is 5. The highest BCUT2D eigenvalue weighted by Crippen LogP contribution is 2.27. The van der Waals surface area contributed by atoms with E-state index in [1.54, 1.807) is 30.2 Å². The van der Waals surface area contributed by atoms with Crippen LogP contribution in [0.5, 0.6) is 11.5 Å². The summed E-state index contributed by atoms with van der Waals surface area (Å²) < 4.78 is 11.3. The summed E-state index contributed by atoms with van der Waals surface area (Å²) in [6.45, 7) is 1.29. The third-order valence-electron chi connectivity index (χ3n) is 5.74. The Morgan fingerprint density at radius 3 is 2.77 bits per heavy atom. The second-order valence-electron chi connectivity index (χ2n) is 8.25. The van der Waals surface area contributed by atoms with Crippen molar-refractivity contribution < 1.29 is 19.1 Å². The summed E-state index contributed by atoms with van der Waals surface area (Å²) in [7, 11) is 1.60. The maximum atomic E-state index is 13.3. The molecule has 2 bridgehead atoms. The van der Waals surface area contributed by atoms with Gasteiger partial charge in [0.05, 0.1) is 25.9 Å². The number of fused-ring (bicyclic) bond motifs is 3. The first-order valence-corrected chi connectivity index (χ1v) is 11.8. The third kappa shape index (κ3) is 6.50. The minimum Gasteiger partial charge on any atom is -0.496 e. The normalized spacial score (nSPS) is 14.1. The fourth-order valence-corrected chi connectivity index (χ4v) is 3.91. The van der Waals surface area contributed by atoms with Gasteiger partial charge in [0.25, 0.3) is 5.91 Å². The van der Waals surface area contributed by atoms with Crippen molar-refractivity contribution in [1.29, 1.82) is 0 Å². The summed E-state index contributed by atoms with van der Waals surface area (Å²) in [6, 6.07) is 20.4. The van der Waals surface area contributed by atoms with Crippen molar-refractivity contribution in [3.05, 3.63) is 78.0 Å².